The van der Waals surface area contributed by atoms with E-state index in [2.05, 4.69) is 15.6 Å². The van der Waals surface area contributed by atoms with Crippen molar-refractivity contribution in [3.63, 3.8) is 0 Å². The molecule has 0 saturated carbocycles. The van der Waals surface area contributed by atoms with Crippen LogP contribution in [0.4, 0.5) is 0 Å². The summed E-state index contributed by atoms with van der Waals surface area (Å²) in [6, 6.07) is 0. The molecule has 0 radical (unpaired) electrons. The summed E-state index contributed by atoms with van der Waals surface area (Å²) >= 11 is 0. The van der Waals surface area contributed by atoms with Gasteiger partial charge in [-0.1, -0.05) is 0 Å². The monoisotopic (exact) mass is 414 g/mol. The number of halogens is 1. The number of nitrogens with one attached hydrogen (secondary N) is 2. The number of carbonyl (C=O) groups is 1. The van der Waals surface area contributed by atoms with Gasteiger partial charge in [0.1, 0.15) is 6.54 Å². The van der Waals surface area contributed by atoms with Crippen LogP contribution in [0, 0.1) is 5.41 Å². The molecule has 3 rings (SSSR count). The van der Waals surface area contributed by atoms with Gasteiger partial charge in [-0.3, -0.25) is 18.7 Å². The van der Waals surface area contributed by atoms with Gasteiger partial charge in [0.2, 0.25) is 5.91 Å². The molecule has 0 atom stereocenters. The summed E-state index contributed by atoms with van der Waals surface area (Å²) in [5.74, 6) is -0.209. The van der Waals surface area contributed by atoms with E-state index >= 15 is 0 Å². The van der Waals surface area contributed by atoms with E-state index in [1.54, 1.807) is 14.2 Å². The lowest BCUT2D eigenvalue weighted by Gasteiger charge is -2.37. The van der Waals surface area contributed by atoms with Crippen molar-refractivity contribution in [3.8, 4) is 0 Å². The van der Waals surface area contributed by atoms with Gasteiger partial charge >= 0.3 is 5.69 Å². The van der Waals surface area contributed by atoms with Gasteiger partial charge < -0.3 is 19.9 Å². The number of nitrogens with zero attached hydrogens (tertiary/aromatic N) is 4. The molecule has 1 saturated heterocycles. The maximum absolute atomic E-state index is 12.5. The number of hydrogen-bond acceptors (Lipinski definition) is 6. The molecule has 11 heteroatoms. The average Bonchev–Trinajstić information content (AvgIpc) is 3.08. The Bertz CT molecular complexity index is 951. The van der Waals surface area contributed by atoms with E-state index in [1.165, 1.54) is 22.5 Å². The Morgan fingerprint density at radius 2 is 1.96 bits per heavy atom. The highest BCUT2D eigenvalue weighted by molar-refractivity contribution is 5.85. The fourth-order valence-electron chi connectivity index (χ4n) is 3.65. The summed E-state index contributed by atoms with van der Waals surface area (Å²) in [7, 11) is 4.63. The van der Waals surface area contributed by atoms with Crippen molar-refractivity contribution in [2.75, 3.05) is 33.4 Å². The molecule has 156 valence electrons. The Morgan fingerprint density at radius 1 is 1.29 bits per heavy atom. The smallest absolute Gasteiger partial charge is 0.332 e. The molecule has 1 aliphatic heterocycles. The second kappa shape index (κ2) is 8.89. The predicted octanol–water partition coefficient (Wildman–Crippen LogP) is -1.01. The summed E-state index contributed by atoms with van der Waals surface area (Å²) < 4.78 is 9.16. The van der Waals surface area contributed by atoms with Gasteiger partial charge in [0.15, 0.2) is 11.2 Å². The maximum Gasteiger partial charge on any atom is 0.332 e. The highest BCUT2D eigenvalue weighted by Gasteiger charge is 2.32. The fraction of sp³-hybridized carbons (Fsp3) is 0.647. The lowest BCUT2D eigenvalue weighted by Crippen LogP contribution is -2.47. The molecule has 0 spiro atoms. The third-order valence-electron chi connectivity index (χ3n) is 5.31. The molecule has 3 heterocycles. The molecule has 0 bridgehead atoms. The Kier molecular flexibility index (Phi) is 7.02. The lowest BCUT2D eigenvalue weighted by molar-refractivity contribution is -0.122. The van der Waals surface area contributed by atoms with E-state index in [0.29, 0.717) is 13.2 Å². The number of ether oxygens (including phenoxy) is 1. The van der Waals surface area contributed by atoms with Crippen LogP contribution in [-0.2, 0) is 30.2 Å². The van der Waals surface area contributed by atoms with E-state index in [-0.39, 0.29) is 41.4 Å². The molecular weight excluding hydrogens is 388 g/mol. The largest absolute Gasteiger partial charge is 0.384 e. The third kappa shape index (κ3) is 4.13. The summed E-state index contributed by atoms with van der Waals surface area (Å²) in [6.45, 7) is 2.87. The highest BCUT2D eigenvalue weighted by Crippen LogP contribution is 2.28. The molecule has 1 amide bonds. The first-order valence-electron chi connectivity index (χ1n) is 8.96. The Balaban J connectivity index is 0.00000280. The summed E-state index contributed by atoms with van der Waals surface area (Å²) in [6.07, 6.45) is 3.27. The van der Waals surface area contributed by atoms with Crippen molar-refractivity contribution in [3.05, 3.63) is 27.2 Å². The number of carbonyl (C=O) groups excluding carboxylic acids is 1. The van der Waals surface area contributed by atoms with Gasteiger partial charge in [0.05, 0.1) is 12.9 Å². The number of aryl methyl sites for hydroxylation is 1. The van der Waals surface area contributed by atoms with Crippen LogP contribution in [0.5, 0.6) is 0 Å². The van der Waals surface area contributed by atoms with E-state index in [9.17, 15) is 14.4 Å². The lowest BCUT2D eigenvalue weighted by atomic mass is 9.79. The Hall–Kier alpha value is -2.17. The molecule has 1 fully saturated rings. The van der Waals surface area contributed by atoms with Crippen molar-refractivity contribution in [2.24, 2.45) is 19.5 Å². The molecule has 0 unspecified atom stereocenters. The Morgan fingerprint density at radius 3 is 2.61 bits per heavy atom. The van der Waals surface area contributed by atoms with Crippen LogP contribution in [0.1, 0.15) is 12.8 Å². The first-order valence-corrected chi connectivity index (χ1v) is 8.96. The highest BCUT2D eigenvalue weighted by atomic mass is 35.5. The van der Waals surface area contributed by atoms with Crippen molar-refractivity contribution in [1.29, 1.82) is 0 Å². The zero-order chi connectivity index (χ0) is 19.6. The van der Waals surface area contributed by atoms with Crippen LogP contribution in [-0.4, -0.2) is 57.9 Å². The first-order chi connectivity index (χ1) is 12.9. The van der Waals surface area contributed by atoms with Crippen LogP contribution in [0.25, 0.3) is 11.2 Å². The average molecular weight is 415 g/mol. The van der Waals surface area contributed by atoms with Crippen LogP contribution >= 0.6 is 12.4 Å². The number of hydrogen-bond donors (Lipinski definition) is 2. The molecule has 10 nitrogen and oxygen atoms in total. The third-order valence-corrected chi connectivity index (χ3v) is 5.31. The van der Waals surface area contributed by atoms with E-state index in [1.807, 2.05) is 0 Å². The Labute approximate surface area is 168 Å². The zero-order valence-corrected chi connectivity index (χ0v) is 17.2. The van der Waals surface area contributed by atoms with Gasteiger partial charge in [0, 0.05) is 33.2 Å². The quantitative estimate of drug-likeness (QED) is 0.626. The minimum absolute atomic E-state index is 0. The summed E-state index contributed by atoms with van der Waals surface area (Å²) in [5.41, 5.74) is -0.484. The van der Waals surface area contributed by atoms with Gasteiger partial charge in [-0.15, -0.1) is 12.4 Å². The van der Waals surface area contributed by atoms with E-state index in [4.69, 9.17) is 4.74 Å². The number of fused-ring (bicyclic) bond motifs is 1. The molecular formula is C17H27ClN6O4. The van der Waals surface area contributed by atoms with Crippen molar-refractivity contribution < 1.29 is 9.53 Å². The number of piperidine rings is 1. The second-order valence-electron chi connectivity index (χ2n) is 7.21. The van der Waals surface area contributed by atoms with Gasteiger partial charge in [0.25, 0.3) is 5.56 Å². The normalized spacial score (nSPS) is 16.0. The molecule has 28 heavy (non-hydrogen) atoms. The van der Waals surface area contributed by atoms with Crippen molar-refractivity contribution in [2.45, 2.75) is 19.4 Å². The van der Waals surface area contributed by atoms with Crippen LogP contribution in [0.2, 0.25) is 0 Å². The van der Waals surface area contributed by atoms with Crippen molar-refractivity contribution >= 4 is 29.5 Å². The number of amides is 1. The maximum atomic E-state index is 12.5. The minimum Gasteiger partial charge on any atom is -0.384 e. The zero-order valence-electron chi connectivity index (χ0n) is 16.4. The predicted molar refractivity (Wildman–Crippen MR) is 107 cm³/mol. The molecule has 2 N–H and O–H groups in total. The van der Waals surface area contributed by atoms with Crippen LogP contribution < -0.4 is 21.9 Å². The minimum atomic E-state index is -0.465. The summed E-state index contributed by atoms with van der Waals surface area (Å²) in [5, 5.41) is 6.29. The fourth-order valence-corrected chi connectivity index (χ4v) is 3.65. The van der Waals surface area contributed by atoms with E-state index < -0.39 is 11.2 Å². The SMILES string of the molecule is COCC1(CNC(=O)Cn2cnc3c2c(=O)n(C)c(=O)n3C)CCNCC1.Cl. The summed E-state index contributed by atoms with van der Waals surface area (Å²) in [4.78, 5) is 41.1. The second-order valence-corrected chi connectivity index (χ2v) is 7.21. The van der Waals surface area contributed by atoms with Gasteiger partial charge in [-0.2, -0.15) is 0 Å². The first kappa shape index (κ1) is 22.1. The molecule has 0 aliphatic carbocycles. The molecule has 2 aromatic heterocycles. The number of methoxy groups -OCH3 is 1. The number of aromatic nitrogens is 4. The number of rotatable bonds is 6. The van der Waals surface area contributed by atoms with E-state index in [0.717, 1.165) is 30.5 Å². The van der Waals surface area contributed by atoms with Crippen LogP contribution in [0.3, 0.4) is 0 Å². The molecule has 0 aromatic carbocycles. The van der Waals surface area contributed by atoms with Crippen LogP contribution in [0.15, 0.2) is 15.9 Å². The molecule has 2 aromatic rings. The van der Waals surface area contributed by atoms with Gasteiger partial charge in [-0.05, 0) is 25.9 Å². The van der Waals surface area contributed by atoms with Crippen molar-refractivity contribution in [1.82, 2.24) is 29.3 Å². The van der Waals surface area contributed by atoms with Gasteiger partial charge in [-0.25, -0.2) is 9.78 Å². The number of imidazole rings is 1. The molecule has 1 aliphatic rings. The standard InChI is InChI=1S/C17H26N6O4.ClH/c1-21-14-13(15(25)22(2)16(21)26)23(11-20-14)8-12(24)19-9-17(10-27-3)4-6-18-7-5-17;/h11,18H,4-10H2,1-3H3,(H,19,24);1H. The topological polar surface area (TPSA) is 112 Å².